The Morgan fingerprint density at radius 1 is 1.22 bits per heavy atom. The largest absolute Gasteiger partial charge is 0.490 e. The van der Waals surface area contributed by atoms with Crippen molar-refractivity contribution in [2.45, 2.75) is 56.3 Å². The van der Waals surface area contributed by atoms with Crippen LogP contribution in [0.3, 0.4) is 0 Å². The number of nitrogens with one attached hydrogen (secondary N) is 2. The maximum absolute atomic E-state index is 13.0. The maximum Gasteiger partial charge on any atom is 0.490 e. The van der Waals surface area contributed by atoms with Crippen molar-refractivity contribution in [3.63, 3.8) is 0 Å². The van der Waals surface area contributed by atoms with Crippen LogP contribution in [0.2, 0.25) is 0 Å². The Hall–Kier alpha value is -3.85. The molecule has 1 aromatic carbocycles. The highest BCUT2D eigenvalue weighted by atomic mass is 19.4. The van der Waals surface area contributed by atoms with Crippen LogP contribution in [0.25, 0.3) is 0 Å². The Morgan fingerprint density at radius 3 is 2.41 bits per heavy atom. The second-order valence-corrected chi connectivity index (χ2v) is 9.73. The van der Waals surface area contributed by atoms with Gasteiger partial charge in [0, 0.05) is 18.9 Å². The van der Waals surface area contributed by atoms with E-state index >= 15 is 0 Å². The summed E-state index contributed by atoms with van der Waals surface area (Å²) < 4.78 is 36.7. The summed E-state index contributed by atoms with van der Waals surface area (Å²) in [6.45, 7) is 2.19. The number of anilines is 1. The lowest BCUT2D eigenvalue weighted by molar-refractivity contribution is -0.192. The molecule has 1 fully saturated rings. The lowest BCUT2D eigenvalue weighted by Crippen LogP contribution is -2.49. The molecule has 0 spiro atoms. The number of halogens is 3. The normalized spacial score (nSPS) is 22.2. The lowest BCUT2D eigenvalue weighted by atomic mass is 9.81. The number of nitrogens with two attached hydrogens (primary N) is 1. The Bertz CT molecular complexity index is 1180. The Labute approximate surface area is 233 Å². The fraction of sp³-hybridized carbons (Fsp3) is 0.538. The molecule has 3 rings (SSSR count). The molecular formula is C26H33F3N4O8. The minimum absolute atomic E-state index is 0.0349. The molecule has 0 bridgehead atoms. The number of carboxylic acids is 1. The number of fused-ring (bicyclic) bond motifs is 1. The summed E-state index contributed by atoms with van der Waals surface area (Å²) in [5.41, 5.74) is 4.50. The number of hydrogen-bond donors (Lipinski definition) is 4. The van der Waals surface area contributed by atoms with Gasteiger partial charge in [-0.15, -0.1) is 0 Å². The van der Waals surface area contributed by atoms with Gasteiger partial charge in [0.05, 0.1) is 24.9 Å². The van der Waals surface area contributed by atoms with E-state index in [9.17, 15) is 37.1 Å². The number of carbonyl (C=O) groups excluding carboxylic acids is 5. The first-order chi connectivity index (χ1) is 19.2. The van der Waals surface area contributed by atoms with E-state index in [4.69, 9.17) is 20.4 Å². The molecule has 5 N–H and O–H groups in total. The molecule has 2 unspecified atom stereocenters. The van der Waals surface area contributed by atoms with Crippen LogP contribution in [-0.2, 0) is 35.1 Å². The number of methoxy groups -OCH3 is 1. The number of esters is 1. The molecule has 2 aliphatic rings. The number of benzene rings is 1. The third kappa shape index (κ3) is 7.27. The van der Waals surface area contributed by atoms with E-state index < -0.39 is 35.1 Å². The number of aryl methyl sites for hydroxylation is 1. The van der Waals surface area contributed by atoms with Crippen LogP contribution >= 0.6 is 0 Å². The lowest BCUT2D eigenvalue weighted by Gasteiger charge is -2.30. The molecule has 41 heavy (non-hydrogen) atoms. The zero-order chi connectivity index (χ0) is 31.0. The molecule has 2 amide bonds. The standard InChI is InChI=1S/C24H32N4O6.C2HF3O2/c1-16(24(22(33)34-2)23(15-30,27-24)9-11-29)14-28-19-8-7-17(6-4-3-5-10-25)12-18(19)21(32)26-13-20(28)31;3-2(4,5)1(6)7/h7-8,11-12,15-16,27H,3-6,9-10,13-14,25H2,1-2H3,(H,26,32);(H,6,7)/t16?,23?,24-;/m0./s1. The number of aldehydes is 2. The SMILES string of the molecule is COC(=O)[C@]1(C(C)CN2C(=O)CNC(=O)c3cc(CCCCCN)ccc32)NC1(C=O)CC=O.O=C(O)C(F)(F)F. The Balaban J connectivity index is 0.000000745. The van der Waals surface area contributed by atoms with Gasteiger partial charge in [0.25, 0.3) is 5.91 Å². The highest BCUT2D eigenvalue weighted by molar-refractivity contribution is 6.10. The number of aliphatic carboxylic acids is 1. The summed E-state index contributed by atoms with van der Waals surface area (Å²) in [4.78, 5) is 71.8. The van der Waals surface area contributed by atoms with Crippen molar-refractivity contribution in [3.8, 4) is 0 Å². The third-order valence-corrected chi connectivity index (χ3v) is 7.08. The van der Waals surface area contributed by atoms with Crippen LogP contribution in [0, 0.1) is 5.92 Å². The van der Waals surface area contributed by atoms with E-state index in [1.54, 1.807) is 19.1 Å². The number of alkyl halides is 3. The van der Waals surface area contributed by atoms with Gasteiger partial charge in [-0.2, -0.15) is 13.2 Å². The van der Waals surface area contributed by atoms with Crippen molar-refractivity contribution in [1.82, 2.24) is 10.6 Å². The number of rotatable bonds is 12. The number of amides is 2. The molecule has 3 atom stereocenters. The number of hydrogen-bond acceptors (Lipinski definition) is 9. The van der Waals surface area contributed by atoms with Crippen molar-refractivity contribution in [1.29, 1.82) is 0 Å². The van der Waals surface area contributed by atoms with Crippen LogP contribution in [0.15, 0.2) is 18.2 Å². The second kappa shape index (κ2) is 13.7. The van der Waals surface area contributed by atoms with Gasteiger partial charge in [0.15, 0.2) is 0 Å². The highest BCUT2D eigenvalue weighted by Crippen LogP contribution is 2.47. The van der Waals surface area contributed by atoms with Crippen molar-refractivity contribution in [3.05, 3.63) is 29.3 Å². The first-order valence-corrected chi connectivity index (χ1v) is 12.7. The molecule has 1 aromatic rings. The smallest absolute Gasteiger partial charge is 0.475 e. The third-order valence-electron chi connectivity index (χ3n) is 7.08. The second-order valence-electron chi connectivity index (χ2n) is 9.73. The van der Waals surface area contributed by atoms with Gasteiger partial charge in [-0.25, -0.2) is 9.59 Å². The Kier molecular flexibility index (Phi) is 11.1. The quantitative estimate of drug-likeness (QED) is 0.117. The fourth-order valence-corrected chi connectivity index (χ4v) is 4.89. The predicted molar refractivity (Wildman–Crippen MR) is 138 cm³/mol. The van der Waals surface area contributed by atoms with Gasteiger partial charge in [-0.3, -0.25) is 14.9 Å². The molecule has 1 saturated heterocycles. The highest BCUT2D eigenvalue weighted by Gasteiger charge is 2.75. The summed E-state index contributed by atoms with van der Waals surface area (Å²) in [7, 11) is 1.21. The summed E-state index contributed by atoms with van der Waals surface area (Å²) in [6.07, 6.45) is -0.507. The van der Waals surface area contributed by atoms with Crippen molar-refractivity contribution in [2.24, 2.45) is 11.7 Å². The van der Waals surface area contributed by atoms with Gasteiger partial charge in [-0.1, -0.05) is 19.4 Å². The molecule has 2 aliphatic heterocycles. The maximum atomic E-state index is 13.0. The predicted octanol–water partition coefficient (Wildman–Crippen LogP) is 0.746. The van der Waals surface area contributed by atoms with E-state index in [1.165, 1.54) is 12.0 Å². The molecule has 0 aliphatic carbocycles. The van der Waals surface area contributed by atoms with Gasteiger partial charge < -0.3 is 35.4 Å². The van der Waals surface area contributed by atoms with E-state index in [0.29, 0.717) is 30.4 Å². The van der Waals surface area contributed by atoms with Crippen LogP contribution in [-0.4, -0.2) is 85.4 Å². The summed E-state index contributed by atoms with van der Waals surface area (Å²) >= 11 is 0. The minimum atomic E-state index is -5.08. The zero-order valence-electron chi connectivity index (χ0n) is 22.6. The van der Waals surface area contributed by atoms with Crippen LogP contribution < -0.4 is 21.3 Å². The first kappa shape index (κ1) is 33.4. The average molecular weight is 587 g/mol. The molecule has 12 nitrogen and oxygen atoms in total. The minimum Gasteiger partial charge on any atom is -0.475 e. The number of ether oxygens (including phenoxy) is 1. The van der Waals surface area contributed by atoms with E-state index in [1.807, 2.05) is 6.07 Å². The van der Waals surface area contributed by atoms with Gasteiger partial charge in [0.2, 0.25) is 5.91 Å². The topological polar surface area (TPSA) is 195 Å². The van der Waals surface area contributed by atoms with E-state index in [2.05, 4.69) is 10.6 Å². The van der Waals surface area contributed by atoms with Crippen molar-refractivity contribution >= 4 is 42.0 Å². The van der Waals surface area contributed by atoms with Crippen LogP contribution in [0.1, 0.15) is 48.5 Å². The number of nitrogens with zero attached hydrogens (tertiary/aromatic N) is 1. The van der Waals surface area contributed by atoms with Crippen molar-refractivity contribution < 1.29 is 51.8 Å². The van der Waals surface area contributed by atoms with Crippen molar-refractivity contribution in [2.75, 3.05) is 31.6 Å². The monoisotopic (exact) mass is 586 g/mol. The van der Waals surface area contributed by atoms with Gasteiger partial charge in [0.1, 0.15) is 23.7 Å². The van der Waals surface area contributed by atoms with E-state index in [-0.39, 0.29) is 31.3 Å². The van der Waals surface area contributed by atoms with Gasteiger partial charge in [-0.05, 0) is 43.5 Å². The molecule has 226 valence electrons. The molecule has 0 aromatic heterocycles. The Morgan fingerprint density at radius 2 is 1.88 bits per heavy atom. The summed E-state index contributed by atoms with van der Waals surface area (Å²) in [5, 5.41) is 12.7. The average Bonchev–Trinajstić information content (AvgIpc) is 3.63. The van der Waals surface area contributed by atoms with Crippen LogP contribution in [0.4, 0.5) is 18.9 Å². The molecule has 0 saturated carbocycles. The molecule has 2 heterocycles. The fourth-order valence-electron chi connectivity index (χ4n) is 4.89. The van der Waals surface area contributed by atoms with Gasteiger partial charge >= 0.3 is 18.1 Å². The number of carboxylic acid groups (broad SMARTS) is 1. The van der Waals surface area contributed by atoms with Crippen LogP contribution in [0.5, 0.6) is 0 Å². The van der Waals surface area contributed by atoms with E-state index in [0.717, 1.165) is 31.2 Å². The number of unbranched alkanes of at least 4 members (excludes halogenated alkanes) is 2. The molecule has 0 radical (unpaired) electrons. The molecular weight excluding hydrogens is 553 g/mol. The summed E-state index contributed by atoms with van der Waals surface area (Å²) in [5.74, 6) is -4.74. The summed E-state index contributed by atoms with van der Waals surface area (Å²) in [6, 6.07) is 5.42. The number of carbonyl (C=O) groups is 6. The molecule has 15 heteroatoms. The first-order valence-electron chi connectivity index (χ1n) is 12.7. The zero-order valence-corrected chi connectivity index (χ0v) is 22.6.